The van der Waals surface area contributed by atoms with Gasteiger partial charge in [-0.2, -0.15) is 0 Å². The summed E-state index contributed by atoms with van der Waals surface area (Å²) in [4.78, 5) is 14.2. The van der Waals surface area contributed by atoms with Gasteiger partial charge in [0.1, 0.15) is 6.04 Å². The van der Waals surface area contributed by atoms with Crippen LogP contribution in [0.25, 0.3) is 10.4 Å². The van der Waals surface area contributed by atoms with Gasteiger partial charge < -0.3 is 10.1 Å². The van der Waals surface area contributed by atoms with E-state index in [1.807, 2.05) is 0 Å². The van der Waals surface area contributed by atoms with Crippen LogP contribution >= 0.6 is 0 Å². The third-order valence-corrected chi connectivity index (χ3v) is 3.22. The van der Waals surface area contributed by atoms with Gasteiger partial charge in [-0.05, 0) is 30.7 Å². The fraction of sp³-hybridized carbons (Fsp3) is 0.889. The number of hydrogen-bond acceptors (Lipinski definition) is 4. The van der Waals surface area contributed by atoms with E-state index in [0.717, 1.165) is 12.8 Å². The SMILES string of the molecule is CCOC(=O)[C@@H]1C[C@]2(CN=[N+]=[N-])C[C@@H]2N1. The molecule has 1 saturated carbocycles. The minimum atomic E-state index is -0.211. The van der Waals surface area contributed by atoms with Crippen molar-refractivity contribution in [1.29, 1.82) is 0 Å². The fourth-order valence-corrected chi connectivity index (χ4v) is 2.32. The first-order valence-electron chi connectivity index (χ1n) is 5.15. The number of esters is 1. The number of rotatable bonds is 4. The maximum absolute atomic E-state index is 11.4. The van der Waals surface area contributed by atoms with Gasteiger partial charge in [-0.1, -0.05) is 5.11 Å². The van der Waals surface area contributed by atoms with Gasteiger partial charge in [0.25, 0.3) is 0 Å². The third kappa shape index (κ3) is 1.78. The smallest absolute Gasteiger partial charge is 0.323 e. The van der Waals surface area contributed by atoms with E-state index >= 15 is 0 Å². The van der Waals surface area contributed by atoms with Crippen LogP contribution in [0.2, 0.25) is 0 Å². The molecule has 0 bridgehead atoms. The van der Waals surface area contributed by atoms with Crippen molar-refractivity contribution in [3.05, 3.63) is 10.4 Å². The number of carbonyl (C=O) groups excluding carboxylic acids is 1. The molecule has 15 heavy (non-hydrogen) atoms. The van der Waals surface area contributed by atoms with Gasteiger partial charge in [-0.25, -0.2) is 0 Å². The molecule has 82 valence electrons. The van der Waals surface area contributed by atoms with Crippen molar-refractivity contribution in [1.82, 2.24) is 5.32 Å². The summed E-state index contributed by atoms with van der Waals surface area (Å²) in [5, 5.41) is 6.80. The molecule has 0 aromatic heterocycles. The van der Waals surface area contributed by atoms with E-state index in [2.05, 4.69) is 15.3 Å². The van der Waals surface area contributed by atoms with Crippen LogP contribution in [-0.2, 0) is 9.53 Å². The number of azide groups is 1. The Hall–Kier alpha value is -1.26. The van der Waals surface area contributed by atoms with Gasteiger partial charge in [-0.15, -0.1) is 0 Å². The van der Waals surface area contributed by atoms with Crippen molar-refractivity contribution in [2.75, 3.05) is 13.2 Å². The Labute approximate surface area is 87.6 Å². The van der Waals surface area contributed by atoms with Crippen LogP contribution in [0.3, 0.4) is 0 Å². The summed E-state index contributed by atoms with van der Waals surface area (Å²) in [5.41, 5.74) is 8.30. The predicted molar refractivity (Wildman–Crippen MR) is 53.0 cm³/mol. The summed E-state index contributed by atoms with van der Waals surface area (Å²) in [6, 6.07) is 0.120. The summed E-state index contributed by atoms with van der Waals surface area (Å²) in [6.45, 7) is 2.69. The summed E-state index contributed by atoms with van der Waals surface area (Å²) >= 11 is 0. The number of hydrogen-bond donors (Lipinski definition) is 1. The molecule has 6 heteroatoms. The van der Waals surface area contributed by atoms with Gasteiger partial charge in [-0.3, -0.25) is 4.79 Å². The van der Waals surface area contributed by atoms with Gasteiger partial charge in [0.2, 0.25) is 0 Å². The first-order valence-corrected chi connectivity index (χ1v) is 5.15. The Bertz CT molecular complexity index is 326. The minimum absolute atomic E-state index is 0.0314. The van der Waals surface area contributed by atoms with Crippen LogP contribution < -0.4 is 5.32 Å². The van der Waals surface area contributed by atoms with E-state index in [1.165, 1.54) is 0 Å². The van der Waals surface area contributed by atoms with Crippen LogP contribution in [-0.4, -0.2) is 31.2 Å². The topological polar surface area (TPSA) is 87.1 Å². The first-order chi connectivity index (χ1) is 7.22. The normalized spacial score (nSPS) is 36.6. The average molecular weight is 210 g/mol. The lowest BCUT2D eigenvalue weighted by Crippen LogP contribution is -2.35. The molecule has 1 saturated heterocycles. The number of fused-ring (bicyclic) bond motifs is 1. The quantitative estimate of drug-likeness (QED) is 0.324. The molecular formula is C9H14N4O2. The molecule has 2 rings (SSSR count). The largest absolute Gasteiger partial charge is 0.465 e. The molecule has 1 heterocycles. The molecule has 0 unspecified atom stereocenters. The maximum Gasteiger partial charge on any atom is 0.323 e. The first kappa shape index (κ1) is 10.3. The third-order valence-electron chi connectivity index (χ3n) is 3.22. The van der Waals surface area contributed by atoms with Crippen LogP contribution in [0.5, 0.6) is 0 Å². The Balaban J connectivity index is 1.91. The Morgan fingerprint density at radius 2 is 2.53 bits per heavy atom. The Morgan fingerprint density at radius 1 is 1.73 bits per heavy atom. The molecule has 1 aliphatic carbocycles. The molecule has 0 radical (unpaired) electrons. The van der Waals surface area contributed by atoms with E-state index in [1.54, 1.807) is 6.92 Å². The van der Waals surface area contributed by atoms with E-state index in [4.69, 9.17) is 10.3 Å². The van der Waals surface area contributed by atoms with E-state index in [0.29, 0.717) is 19.2 Å². The number of ether oxygens (including phenoxy) is 1. The van der Waals surface area contributed by atoms with E-state index < -0.39 is 0 Å². The van der Waals surface area contributed by atoms with Gasteiger partial charge in [0.15, 0.2) is 0 Å². The second-order valence-electron chi connectivity index (χ2n) is 4.18. The zero-order valence-electron chi connectivity index (χ0n) is 8.64. The maximum atomic E-state index is 11.4. The van der Waals surface area contributed by atoms with Crippen LogP contribution in [0.15, 0.2) is 5.11 Å². The molecule has 2 aliphatic rings. The number of nitrogens with one attached hydrogen (secondary N) is 1. The highest BCUT2D eigenvalue weighted by atomic mass is 16.5. The van der Waals surface area contributed by atoms with Crippen molar-refractivity contribution >= 4 is 5.97 Å². The molecule has 6 nitrogen and oxygen atoms in total. The Morgan fingerprint density at radius 3 is 3.20 bits per heavy atom. The minimum Gasteiger partial charge on any atom is -0.465 e. The second kappa shape index (κ2) is 3.72. The highest BCUT2D eigenvalue weighted by Crippen LogP contribution is 2.54. The average Bonchev–Trinajstić information content (AvgIpc) is 2.78. The van der Waals surface area contributed by atoms with Crippen molar-refractivity contribution in [2.45, 2.75) is 31.8 Å². The predicted octanol–water partition coefficient (Wildman–Crippen LogP) is 0.980. The number of piperidine rings is 1. The van der Waals surface area contributed by atoms with Crippen LogP contribution in [0, 0.1) is 5.41 Å². The summed E-state index contributed by atoms with van der Waals surface area (Å²) < 4.78 is 4.94. The molecule has 0 aromatic carbocycles. The Kier molecular flexibility index (Phi) is 2.54. The van der Waals surface area contributed by atoms with Crippen molar-refractivity contribution in [3.8, 4) is 0 Å². The van der Waals surface area contributed by atoms with Crippen LogP contribution in [0.4, 0.5) is 0 Å². The number of carbonyl (C=O) groups is 1. The highest BCUT2D eigenvalue weighted by Gasteiger charge is 2.61. The van der Waals surface area contributed by atoms with Crippen molar-refractivity contribution in [2.24, 2.45) is 10.5 Å². The molecule has 2 fully saturated rings. The standard InChI is InChI=1S/C9H14N4O2/c1-2-15-8(14)6-3-9(5-11-13-10)4-7(9)12-6/h6-7,12H,2-5H2,1H3/t6-,7-,9+/m0/s1. The second-order valence-corrected chi connectivity index (χ2v) is 4.18. The van der Waals surface area contributed by atoms with Gasteiger partial charge in [0, 0.05) is 17.5 Å². The highest BCUT2D eigenvalue weighted by molar-refractivity contribution is 5.77. The molecule has 0 spiro atoms. The van der Waals surface area contributed by atoms with Crippen molar-refractivity contribution < 1.29 is 9.53 Å². The zero-order chi connectivity index (χ0) is 10.9. The zero-order valence-corrected chi connectivity index (χ0v) is 8.64. The fourth-order valence-electron chi connectivity index (χ4n) is 2.32. The summed E-state index contributed by atoms with van der Waals surface area (Å²) in [7, 11) is 0. The van der Waals surface area contributed by atoms with Gasteiger partial charge in [0.05, 0.1) is 6.61 Å². The lowest BCUT2D eigenvalue weighted by molar-refractivity contribution is -0.145. The molecule has 0 amide bonds. The lowest BCUT2D eigenvalue weighted by Gasteiger charge is -2.13. The molecule has 3 atom stereocenters. The molecule has 1 N–H and O–H groups in total. The molecular weight excluding hydrogens is 196 g/mol. The molecule has 1 aliphatic heterocycles. The lowest BCUT2D eigenvalue weighted by atomic mass is 10.0. The van der Waals surface area contributed by atoms with Gasteiger partial charge >= 0.3 is 5.97 Å². The monoisotopic (exact) mass is 210 g/mol. The van der Waals surface area contributed by atoms with Crippen LogP contribution in [0.1, 0.15) is 19.8 Å². The molecule has 0 aromatic rings. The van der Waals surface area contributed by atoms with E-state index in [-0.39, 0.29) is 17.4 Å². The number of nitrogens with zero attached hydrogens (tertiary/aromatic N) is 3. The van der Waals surface area contributed by atoms with E-state index in [9.17, 15) is 4.79 Å². The summed E-state index contributed by atoms with van der Waals surface area (Å²) in [6.07, 6.45) is 1.73. The summed E-state index contributed by atoms with van der Waals surface area (Å²) in [5.74, 6) is -0.190. The van der Waals surface area contributed by atoms with Crippen molar-refractivity contribution in [3.63, 3.8) is 0 Å².